The van der Waals surface area contributed by atoms with Gasteiger partial charge in [-0.1, -0.05) is 69.4 Å². The highest BCUT2D eigenvalue weighted by atomic mass is 35.5. The second kappa shape index (κ2) is 9.23. The average Bonchev–Trinajstić information content (AvgIpc) is 2.44. The summed E-state index contributed by atoms with van der Waals surface area (Å²) in [5, 5.41) is 4.20. The van der Waals surface area contributed by atoms with E-state index in [2.05, 4.69) is 10.3 Å². The molecule has 1 heterocycles. The molecule has 1 aromatic rings. The second-order valence-corrected chi connectivity index (χ2v) is 6.36. The Kier molecular flexibility index (Phi) is 7.21. The molecule has 0 aromatic carbocycles. The van der Waals surface area contributed by atoms with Crippen molar-refractivity contribution in [1.82, 2.24) is 4.98 Å². The molecule has 0 unspecified atom stereocenters. The molecule has 0 radical (unpaired) electrons. The Morgan fingerprint density at radius 1 is 0.850 bits per heavy atom. The van der Waals surface area contributed by atoms with Crippen LogP contribution in [0.1, 0.15) is 70.6 Å². The lowest BCUT2D eigenvalue weighted by Gasteiger charge is -2.20. The van der Waals surface area contributed by atoms with E-state index in [4.69, 9.17) is 11.6 Å². The Balaban J connectivity index is 1.83. The standard InChI is InChI=1S/C17H27ClN2/c18-17-13-12-16(14-19-17)20-15-10-8-6-4-2-1-3-5-7-9-11-15/h12-15,20H,1-11H2. The first-order valence-electron chi connectivity index (χ1n) is 8.23. The summed E-state index contributed by atoms with van der Waals surface area (Å²) in [5.74, 6) is 0. The van der Waals surface area contributed by atoms with Crippen LogP contribution >= 0.6 is 11.6 Å². The smallest absolute Gasteiger partial charge is 0.129 e. The zero-order chi connectivity index (χ0) is 14.0. The van der Waals surface area contributed by atoms with Gasteiger partial charge in [0.15, 0.2) is 0 Å². The maximum atomic E-state index is 5.84. The number of hydrogen-bond donors (Lipinski definition) is 1. The number of pyridine rings is 1. The molecule has 1 N–H and O–H groups in total. The van der Waals surface area contributed by atoms with Gasteiger partial charge in [0.25, 0.3) is 0 Å². The van der Waals surface area contributed by atoms with E-state index in [1.54, 1.807) is 0 Å². The van der Waals surface area contributed by atoms with E-state index < -0.39 is 0 Å². The van der Waals surface area contributed by atoms with Crippen LogP contribution < -0.4 is 5.32 Å². The van der Waals surface area contributed by atoms with E-state index in [0.717, 1.165) is 5.69 Å². The maximum absolute atomic E-state index is 5.84. The van der Waals surface area contributed by atoms with Gasteiger partial charge in [0.1, 0.15) is 5.15 Å². The van der Waals surface area contributed by atoms with Gasteiger partial charge in [-0.05, 0) is 25.0 Å². The van der Waals surface area contributed by atoms with Crippen molar-refractivity contribution in [2.75, 3.05) is 5.32 Å². The zero-order valence-electron chi connectivity index (χ0n) is 12.4. The van der Waals surface area contributed by atoms with E-state index in [-0.39, 0.29) is 0 Å². The highest BCUT2D eigenvalue weighted by molar-refractivity contribution is 6.29. The first-order valence-corrected chi connectivity index (χ1v) is 8.60. The molecule has 0 amide bonds. The number of anilines is 1. The lowest BCUT2D eigenvalue weighted by atomic mass is 9.98. The van der Waals surface area contributed by atoms with Gasteiger partial charge in [-0.3, -0.25) is 0 Å². The van der Waals surface area contributed by atoms with Crippen LogP contribution in [0.25, 0.3) is 0 Å². The van der Waals surface area contributed by atoms with Crippen molar-refractivity contribution in [2.24, 2.45) is 0 Å². The van der Waals surface area contributed by atoms with Crippen molar-refractivity contribution in [2.45, 2.75) is 76.7 Å². The molecule has 1 aromatic heterocycles. The summed E-state index contributed by atoms with van der Waals surface area (Å²) in [6, 6.07) is 4.49. The predicted molar refractivity (Wildman–Crippen MR) is 87.4 cm³/mol. The van der Waals surface area contributed by atoms with E-state index >= 15 is 0 Å². The maximum Gasteiger partial charge on any atom is 0.129 e. The molecule has 0 saturated heterocycles. The summed E-state index contributed by atoms with van der Waals surface area (Å²) < 4.78 is 0. The number of halogens is 1. The summed E-state index contributed by atoms with van der Waals surface area (Å²) in [4.78, 5) is 4.15. The van der Waals surface area contributed by atoms with Gasteiger partial charge in [0.2, 0.25) is 0 Å². The third-order valence-electron chi connectivity index (χ3n) is 4.20. The summed E-state index contributed by atoms with van der Waals surface area (Å²) in [6.07, 6.45) is 17.0. The van der Waals surface area contributed by atoms with Crippen molar-refractivity contribution in [1.29, 1.82) is 0 Å². The molecule has 20 heavy (non-hydrogen) atoms. The summed E-state index contributed by atoms with van der Waals surface area (Å²) in [5.41, 5.74) is 1.10. The Bertz CT molecular complexity index is 352. The largest absolute Gasteiger partial charge is 0.381 e. The molecule has 2 nitrogen and oxygen atoms in total. The van der Waals surface area contributed by atoms with Crippen LogP contribution in [-0.4, -0.2) is 11.0 Å². The number of hydrogen-bond acceptors (Lipinski definition) is 2. The van der Waals surface area contributed by atoms with Crippen LogP contribution in [0.4, 0.5) is 5.69 Å². The fourth-order valence-electron chi connectivity index (χ4n) is 3.00. The van der Waals surface area contributed by atoms with E-state index in [1.807, 2.05) is 18.3 Å². The number of aromatic nitrogens is 1. The highest BCUT2D eigenvalue weighted by Crippen LogP contribution is 2.20. The minimum Gasteiger partial charge on any atom is -0.381 e. The average molecular weight is 295 g/mol. The first kappa shape index (κ1) is 15.6. The van der Waals surface area contributed by atoms with Gasteiger partial charge in [0, 0.05) is 6.04 Å². The Hall–Kier alpha value is -0.760. The molecule has 0 aliphatic heterocycles. The van der Waals surface area contributed by atoms with Crippen LogP contribution in [0.15, 0.2) is 18.3 Å². The van der Waals surface area contributed by atoms with Crippen molar-refractivity contribution >= 4 is 17.3 Å². The van der Waals surface area contributed by atoms with Crippen molar-refractivity contribution in [3.8, 4) is 0 Å². The quantitative estimate of drug-likeness (QED) is 0.695. The molecule has 0 bridgehead atoms. The molecule has 1 aliphatic rings. The van der Waals surface area contributed by atoms with E-state index in [0.29, 0.717) is 11.2 Å². The summed E-state index contributed by atoms with van der Waals surface area (Å²) >= 11 is 5.84. The van der Waals surface area contributed by atoms with Gasteiger partial charge in [0.05, 0.1) is 11.9 Å². The second-order valence-electron chi connectivity index (χ2n) is 5.97. The third kappa shape index (κ3) is 6.13. The van der Waals surface area contributed by atoms with Gasteiger partial charge >= 0.3 is 0 Å². The zero-order valence-corrected chi connectivity index (χ0v) is 13.2. The lowest BCUT2D eigenvalue weighted by molar-refractivity contribution is 0.480. The number of rotatable bonds is 2. The normalized spacial score (nSPS) is 19.9. The van der Waals surface area contributed by atoms with Crippen molar-refractivity contribution < 1.29 is 0 Å². The molecule has 1 fully saturated rings. The predicted octanol–water partition coefficient (Wildman–Crippen LogP) is 5.82. The highest BCUT2D eigenvalue weighted by Gasteiger charge is 2.09. The van der Waals surface area contributed by atoms with Gasteiger partial charge < -0.3 is 5.32 Å². The minimum atomic E-state index is 0.564. The van der Waals surface area contributed by atoms with Gasteiger partial charge in [-0.25, -0.2) is 4.98 Å². The molecule has 0 atom stereocenters. The summed E-state index contributed by atoms with van der Waals surface area (Å²) in [7, 11) is 0. The monoisotopic (exact) mass is 294 g/mol. The molecule has 112 valence electrons. The SMILES string of the molecule is Clc1ccc(NC2CCCCCCCCCCC2)cn1. The molecular weight excluding hydrogens is 268 g/mol. The van der Waals surface area contributed by atoms with Crippen LogP contribution in [0.3, 0.4) is 0 Å². The fraction of sp³-hybridized carbons (Fsp3) is 0.706. The van der Waals surface area contributed by atoms with Crippen LogP contribution in [0.2, 0.25) is 5.15 Å². The minimum absolute atomic E-state index is 0.564. The molecule has 2 rings (SSSR count). The van der Waals surface area contributed by atoms with Gasteiger partial charge in [-0.15, -0.1) is 0 Å². The fourth-order valence-corrected chi connectivity index (χ4v) is 3.12. The van der Waals surface area contributed by atoms with Gasteiger partial charge in [-0.2, -0.15) is 0 Å². The Labute approximate surface area is 128 Å². The molecule has 0 spiro atoms. The van der Waals surface area contributed by atoms with Crippen molar-refractivity contribution in [3.05, 3.63) is 23.5 Å². The topological polar surface area (TPSA) is 24.9 Å². The molecule has 1 aliphatic carbocycles. The Morgan fingerprint density at radius 3 is 1.90 bits per heavy atom. The molecule has 1 saturated carbocycles. The third-order valence-corrected chi connectivity index (χ3v) is 4.43. The summed E-state index contributed by atoms with van der Waals surface area (Å²) in [6.45, 7) is 0. The first-order chi connectivity index (χ1) is 9.84. The van der Waals surface area contributed by atoms with Crippen LogP contribution in [-0.2, 0) is 0 Å². The molecular formula is C17H27ClN2. The molecule has 3 heteroatoms. The van der Waals surface area contributed by atoms with Crippen LogP contribution in [0, 0.1) is 0 Å². The lowest BCUT2D eigenvalue weighted by Crippen LogP contribution is -2.19. The number of nitrogens with zero attached hydrogens (tertiary/aromatic N) is 1. The Morgan fingerprint density at radius 2 is 1.40 bits per heavy atom. The van der Waals surface area contributed by atoms with Crippen LogP contribution in [0.5, 0.6) is 0 Å². The van der Waals surface area contributed by atoms with E-state index in [1.165, 1.54) is 70.6 Å². The van der Waals surface area contributed by atoms with E-state index in [9.17, 15) is 0 Å². The van der Waals surface area contributed by atoms with Crippen molar-refractivity contribution in [3.63, 3.8) is 0 Å². The number of nitrogens with one attached hydrogen (secondary N) is 1.